The Morgan fingerprint density at radius 3 is 2.55 bits per heavy atom. The largest absolute Gasteiger partial charge is 0.456 e. The molecule has 0 bridgehead atoms. The molecule has 0 N–H and O–H groups in total. The summed E-state index contributed by atoms with van der Waals surface area (Å²) in [6.07, 6.45) is 1.91. The van der Waals surface area contributed by atoms with Crippen LogP contribution in [0.15, 0.2) is 40.9 Å². The van der Waals surface area contributed by atoms with E-state index in [-0.39, 0.29) is 16.5 Å². The first-order valence-corrected chi connectivity index (χ1v) is 5.71. The van der Waals surface area contributed by atoms with Crippen LogP contribution in [0, 0.1) is 20.2 Å². The van der Waals surface area contributed by atoms with Crippen molar-refractivity contribution in [3.05, 3.63) is 67.5 Å². The number of nitro groups is 2. The first kappa shape index (κ1) is 13.8. The van der Waals surface area contributed by atoms with E-state index in [2.05, 4.69) is 0 Å². The first-order chi connectivity index (χ1) is 9.47. The highest BCUT2D eigenvalue weighted by molar-refractivity contribution is 6.33. The number of rotatable bonds is 4. The lowest BCUT2D eigenvalue weighted by Gasteiger charge is -2.00. The van der Waals surface area contributed by atoms with Gasteiger partial charge in [-0.15, -0.1) is 0 Å². The zero-order valence-corrected chi connectivity index (χ0v) is 10.6. The molecule has 0 fully saturated rings. The van der Waals surface area contributed by atoms with Crippen LogP contribution < -0.4 is 0 Å². The highest BCUT2D eigenvalue weighted by Crippen LogP contribution is 2.32. The highest BCUT2D eigenvalue weighted by atomic mass is 35.5. The fourth-order valence-electron chi connectivity index (χ4n) is 1.54. The van der Waals surface area contributed by atoms with E-state index in [1.54, 1.807) is 0 Å². The van der Waals surface area contributed by atoms with Crippen LogP contribution in [0.3, 0.4) is 0 Å². The maximum absolute atomic E-state index is 10.7. The summed E-state index contributed by atoms with van der Waals surface area (Å²) >= 11 is 5.96. The van der Waals surface area contributed by atoms with Gasteiger partial charge in [0.05, 0.1) is 20.9 Å². The number of furan rings is 1. The van der Waals surface area contributed by atoms with Crippen LogP contribution in [0.25, 0.3) is 17.4 Å². The average Bonchev–Trinajstić information content (AvgIpc) is 2.85. The smallest absolute Gasteiger partial charge is 0.270 e. The highest BCUT2D eigenvalue weighted by Gasteiger charge is 2.14. The van der Waals surface area contributed by atoms with Crippen LogP contribution in [0.4, 0.5) is 5.69 Å². The summed E-state index contributed by atoms with van der Waals surface area (Å²) in [7, 11) is 0. The van der Waals surface area contributed by atoms with Crippen LogP contribution in [0.2, 0.25) is 5.02 Å². The zero-order valence-electron chi connectivity index (χ0n) is 9.86. The minimum absolute atomic E-state index is 0.122. The third-order valence-electron chi connectivity index (χ3n) is 2.41. The van der Waals surface area contributed by atoms with E-state index in [0.717, 1.165) is 6.20 Å². The van der Waals surface area contributed by atoms with E-state index >= 15 is 0 Å². The lowest BCUT2D eigenvalue weighted by molar-refractivity contribution is -0.401. The molecule has 0 atom stereocenters. The number of nitro benzene ring substituents is 1. The van der Waals surface area contributed by atoms with Crippen LogP contribution in [-0.4, -0.2) is 9.85 Å². The molecule has 1 aromatic heterocycles. The van der Waals surface area contributed by atoms with Gasteiger partial charge in [0, 0.05) is 17.7 Å². The van der Waals surface area contributed by atoms with Gasteiger partial charge in [0.15, 0.2) is 0 Å². The molecule has 8 heteroatoms. The monoisotopic (exact) mass is 294 g/mol. The van der Waals surface area contributed by atoms with Crippen molar-refractivity contribution in [3.63, 3.8) is 0 Å². The quantitative estimate of drug-likeness (QED) is 0.631. The molecule has 0 unspecified atom stereocenters. The van der Waals surface area contributed by atoms with E-state index < -0.39 is 9.85 Å². The Balaban J connectivity index is 2.39. The lowest BCUT2D eigenvalue weighted by atomic mass is 10.1. The van der Waals surface area contributed by atoms with Gasteiger partial charge in [-0.05, 0) is 18.2 Å². The molecule has 1 aromatic carbocycles. The van der Waals surface area contributed by atoms with Crippen molar-refractivity contribution in [1.82, 2.24) is 0 Å². The van der Waals surface area contributed by atoms with Gasteiger partial charge in [0.2, 0.25) is 6.20 Å². The minimum atomic E-state index is -0.622. The van der Waals surface area contributed by atoms with Gasteiger partial charge in [-0.25, -0.2) is 0 Å². The second kappa shape index (κ2) is 5.54. The fraction of sp³-hybridized carbons (Fsp3) is 0. The Morgan fingerprint density at radius 1 is 1.15 bits per heavy atom. The minimum Gasteiger partial charge on any atom is -0.456 e. The van der Waals surface area contributed by atoms with Gasteiger partial charge in [-0.2, -0.15) is 0 Å². The van der Waals surface area contributed by atoms with Crippen LogP contribution >= 0.6 is 11.6 Å². The van der Waals surface area contributed by atoms with Crippen molar-refractivity contribution < 1.29 is 14.3 Å². The Hall–Kier alpha value is -2.67. The van der Waals surface area contributed by atoms with Crippen LogP contribution in [0.1, 0.15) is 5.76 Å². The predicted molar refractivity (Wildman–Crippen MR) is 71.8 cm³/mol. The molecule has 0 radical (unpaired) electrons. The maximum atomic E-state index is 10.7. The summed E-state index contributed by atoms with van der Waals surface area (Å²) in [4.78, 5) is 19.8. The number of hydrogen-bond acceptors (Lipinski definition) is 5. The summed E-state index contributed by atoms with van der Waals surface area (Å²) in [6.45, 7) is 0. The van der Waals surface area contributed by atoms with E-state index in [9.17, 15) is 20.2 Å². The average molecular weight is 295 g/mol. The van der Waals surface area contributed by atoms with E-state index in [1.165, 1.54) is 36.4 Å². The zero-order chi connectivity index (χ0) is 14.7. The Kier molecular flexibility index (Phi) is 3.81. The summed E-state index contributed by atoms with van der Waals surface area (Å²) in [6, 6.07) is 6.99. The number of benzene rings is 1. The van der Waals surface area contributed by atoms with Crippen molar-refractivity contribution in [2.75, 3.05) is 0 Å². The molecule has 0 saturated heterocycles. The van der Waals surface area contributed by atoms with Gasteiger partial charge in [-0.1, -0.05) is 11.6 Å². The van der Waals surface area contributed by atoms with Crippen molar-refractivity contribution in [2.45, 2.75) is 0 Å². The Morgan fingerprint density at radius 2 is 1.90 bits per heavy atom. The number of halogens is 1. The molecule has 2 rings (SSSR count). The van der Waals surface area contributed by atoms with Crippen molar-refractivity contribution in [2.24, 2.45) is 0 Å². The molecular formula is C12H7ClN2O5. The number of non-ortho nitro benzene ring substituents is 1. The fourth-order valence-corrected chi connectivity index (χ4v) is 1.75. The molecule has 102 valence electrons. The van der Waals surface area contributed by atoms with Crippen molar-refractivity contribution >= 4 is 23.4 Å². The third-order valence-corrected chi connectivity index (χ3v) is 2.74. The van der Waals surface area contributed by atoms with E-state index in [1.807, 2.05) is 0 Å². The normalized spacial score (nSPS) is 10.8. The van der Waals surface area contributed by atoms with Crippen molar-refractivity contribution in [3.8, 4) is 11.3 Å². The summed E-state index contributed by atoms with van der Waals surface area (Å²) in [5, 5.41) is 21.2. The molecule has 1 heterocycles. The van der Waals surface area contributed by atoms with Gasteiger partial charge in [0.1, 0.15) is 11.5 Å². The molecule has 0 saturated carbocycles. The Bertz CT molecular complexity index is 708. The van der Waals surface area contributed by atoms with Gasteiger partial charge >= 0.3 is 0 Å². The van der Waals surface area contributed by atoms with Crippen LogP contribution in [0.5, 0.6) is 0 Å². The van der Waals surface area contributed by atoms with Gasteiger partial charge in [0.25, 0.3) is 5.69 Å². The summed E-state index contributed by atoms with van der Waals surface area (Å²) in [5.41, 5.74) is 0.227. The molecule has 0 aliphatic rings. The molecular weight excluding hydrogens is 288 g/mol. The molecule has 2 aromatic rings. The maximum Gasteiger partial charge on any atom is 0.270 e. The molecule has 20 heavy (non-hydrogen) atoms. The molecule has 0 aliphatic carbocycles. The molecule has 0 aliphatic heterocycles. The third kappa shape index (κ3) is 3.01. The number of nitrogens with zero attached hydrogens (tertiary/aromatic N) is 2. The SMILES string of the molecule is O=[N+]([O-])/C=C/c1ccc(-c2cc([N+](=O)[O-])ccc2Cl)o1. The Labute approximate surface area is 117 Å². The summed E-state index contributed by atoms with van der Waals surface area (Å²) < 4.78 is 5.34. The second-order valence-corrected chi connectivity index (χ2v) is 4.13. The summed E-state index contributed by atoms with van der Waals surface area (Å²) in [5.74, 6) is 0.543. The van der Waals surface area contributed by atoms with E-state index in [0.29, 0.717) is 11.3 Å². The van der Waals surface area contributed by atoms with Gasteiger partial charge in [-0.3, -0.25) is 20.2 Å². The number of hydrogen-bond donors (Lipinski definition) is 0. The van der Waals surface area contributed by atoms with Crippen LogP contribution in [-0.2, 0) is 0 Å². The molecule has 0 spiro atoms. The standard InChI is InChI=1S/C12H7ClN2O5/c13-11-3-1-8(15(18)19)7-10(11)12-4-2-9(20-12)5-6-14(16)17/h1-7H/b6-5+. The van der Waals surface area contributed by atoms with Gasteiger partial charge < -0.3 is 4.42 Å². The van der Waals surface area contributed by atoms with Crippen molar-refractivity contribution in [1.29, 1.82) is 0 Å². The molecule has 7 nitrogen and oxygen atoms in total. The first-order valence-electron chi connectivity index (χ1n) is 5.33. The second-order valence-electron chi connectivity index (χ2n) is 3.72. The predicted octanol–water partition coefficient (Wildman–Crippen LogP) is 3.76. The topological polar surface area (TPSA) is 99.4 Å². The van der Waals surface area contributed by atoms with E-state index in [4.69, 9.17) is 16.0 Å². The molecule has 0 amide bonds. The lowest BCUT2D eigenvalue weighted by Crippen LogP contribution is -1.88.